The van der Waals surface area contributed by atoms with Crippen molar-refractivity contribution in [2.45, 2.75) is 111 Å². The number of carbonyl (C=O) groups is 2. The number of fused-ring (bicyclic) bond motifs is 1. The number of oxazole rings is 1. The first-order valence-electron chi connectivity index (χ1n) is 13.1. The first kappa shape index (κ1) is 28.5. The number of ether oxygens (including phenoxy) is 2. The molecule has 2 fully saturated rings. The number of Topliss-reactive ketones (excluding diaryl/α,β-unsaturated/α-hetero) is 1. The van der Waals surface area contributed by atoms with E-state index in [1.165, 1.54) is 0 Å². The molecule has 8 atom stereocenters. The number of esters is 1. The molecule has 8 heteroatoms. The number of aliphatic hydroxyl groups is 2. The molecule has 0 amide bonds. The summed E-state index contributed by atoms with van der Waals surface area (Å²) in [6.07, 6.45) is 2.65. The van der Waals surface area contributed by atoms with E-state index in [4.69, 9.17) is 13.9 Å². The van der Waals surface area contributed by atoms with Gasteiger partial charge in [-0.15, -0.1) is 0 Å². The molecule has 0 radical (unpaired) electrons. The molecule has 0 saturated carbocycles. The minimum absolute atomic E-state index is 0.0863. The van der Waals surface area contributed by atoms with Crippen LogP contribution in [-0.2, 0) is 19.1 Å². The standard InChI is InChI=1S/C28H43NO7/c1-15-10-9-11-28(8)26(36-28)18(4)24(16(2)12-20-14-34-19(5)29-20)35-22(31)13-21(30)27(6,7)25(33)17(3)23(15)32/h12,14-15,17-18,21,23-24,26,30,32H,9-11,13H2,1-8H3/b16-12+/t15-,17+,18+,21-,23-,24+,26-,28+/m0/s1. The van der Waals surface area contributed by atoms with Gasteiger partial charge in [0, 0.05) is 18.8 Å². The third-order valence-corrected chi connectivity index (χ3v) is 8.29. The van der Waals surface area contributed by atoms with Gasteiger partial charge in [-0.1, -0.05) is 41.0 Å². The summed E-state index contributed by atoms with van der Waals surface area (Å²) < 4.78 is 17.4. The zero-order valence-electron chi connectivity index (χ0n) is 22.9. The van der Waals surface area contributed by atoms with Crippen LogP contribution in [0.1, 0.15) is 85.7 Å². The lowest BCUT2D eigenvalue weighted by atomic mass is 9.73. The summed E-state index contributed by atoms with van der Waals surface area (Å²) in [4.78, 5) is 30.6. The Morgan fingerprint density at radius 1 is 1.17 bits per heavy atom. The molecule has 202 valence electrons. The van der Waals surface area contributed by atoms with E-state index in [0.717, 1.165) is 24.8 Å². The van der Waals surface area contributed by atoms with Crippen LogP contribution in [0.15, 0.2) is 16.3 Å². The molecule has 2 aliphatic heterocycles. The average molecular weight is 506 g/mol. The van der Waals surface area contributed by atoms with Crippen LogP contribution in [0.25, 0.3) is 6.08 Å². The van der Waals surface area contributed by atoms with E-state index in [-0.39, 0.29) is 35.7 Å². The number of carbonyl (C=O) groups excluding carboxylic acids is 2. The van der Waals surface area contributed by atoms with Gasteiger partial charge in [-0.2, -0.15) is 0 Å². The fraction of sp³-hybridized carbons (Fsp3) is 0.750. The monoisotopic (exact) mass is 505 g/mol. The molecule has 0 aliphatic carbocycles. The van der Waals surface area contributed by atoms with Gasteiger partial charge in [-0.25, -0.2) is 4.98 Å². The molecule has 2 N–H and O–H groups in total. The van der Waals surface area contributed by atoms with Crippen molar-refractivity contribution in [1.82, 2.24) is 4.98 Å². The van der Waals surface area contributed by atoms with Gasteiger partial charge in [0.15, 0.2) is 5.89 Å². The number of cyclic esters (lactones) is 1. The van der Waals surface area contributed by atoms with E-state index in [1.807, 2.05) is 26.8 Å². The van der Waals surface area contributed by atoms with Crippen molar-refractivity contribution in [2.24, 2.45) is 23.2 Å². The molecule has 2 aliphatic rings. The predicted molar refractivity (Wildman–Crippen MR) is 135 cm³/mol. The Balaban J connectivity index is 1.91. The fourth-order valence-corrected chi connectivity index (χ4v) is 5.60. The van der Waals surface area contributed by atoms with Crippen LogP contribution in [0.4, 0.5) is 0 Å². The molecule has 2 saturated heterocycles. The molecule has 1 aromatic rings. The molecule has 3 heterocycles. The Bertz CT molecular complexity index is 982. The topological polar surface area (TPSA) is 122 Å². The number of rotatable bonds is 2. The maximum Gasteiger partial charge on any atom is 0.309 e. The lowest BCUT2D eigenvalue weighted by Gasteiger charge is -2.35. The molecule has 0 unspecified atom stereocenters. The van der Waals surface area contributed by atoms with Crippen LogP contribution in [0, 0.1) is 30.1 Å². The minimum Gasteiger partial charge on any atom is -0.457 e. The van der Waals surface area contributed by atoms with Crippen LogP contribution in [0.5, 0.6) is 0 Å². The second-order valence-corrected chi connectivity index (χ2v) is 11.8. The quantitative estimate of drug-likeness (QED) is 0.452. The van der Waals surface area contributed by atoms with Crippen molar-refractivity contribution >= 4 is 17.8 Å². The van der Waals surface area contributed by atoms with E-state index in [9.17, 15) is 19.8 Å². The summed E-state index contributed by atoms with van der Waals surface area (Å²) in [5, 5.41) is 21.8. The maximum atomic E-state index is 13.3. The number of aliphatic hydroxyl groups excluding tert-OH is 2. The minimum atomic E-state index is -1.25. The Hall–Kier alpha value is -2.03. The third kappa shape index (κ3) is 6.09. The first-order valence-corrected chi connectivity index (χ1v) is 13.1. The molecule has 0 spiro atoms. The van der Waals surface area contributed by atoms with E-state index in [1.54, 1.807) is 34.0 Å². The smallest absolute Gasteiger partial charge is 0.309 e. The van der Waals surface area contributed by atoms with Crippen molar-refractivity contribution in [3.63, 3.8) is 0 Å². The molecule has 36 heavy (non-hydrogen) atoms. The highest BCUT2D eigenvalue weighted by Crippen LogP contribution is 2.47. The van der Waals surface area contributed by atoms with Crippen LogP contribution in [0.3, 0.4) is 0 Å². The van der Waals surface area contributed by atoms with Crippen molar-refractivity contribution < 1.29 is 33.7 Å². The highest BCUT2D eigenvalue weighted by Gasteiger charge is 2.56. The van der Waals surface area contributed by atoms with E-state index < -0.39 is 35.6 Å². The first-order chi connectivity index (χ1) is 16.7. The Morgan fingerprint density at radius 2 is 1.83 bits per heavy atom. The summed E-state index contributed by atoms with van der Waals surface area (Å²) in [5.74, 6) is -1.23. The summed E-state index contributed by atoms with van der Waals surface area (Å²) >= 11 is 0. The summed E-state index contributed by atoms with van der Waals surface area (Å²) in [6, 6.07) is 0. The van der Waals surface area contributed by atoms with E-state index in [0.29, 0.717) is 11.6 Å². The predicted octanol–water partition coefficient (Wildman–Crippen LogP) is 4.26. The van der Waals surface area contributed by atoms with Gasteiger partial charge in [0.2, 0.25) is 0 Å². The number of epoxide rings is 1. The lowest BCUT2D eigenvalue weighted by molar-refractivity contribution is -0.156. The molecule has 0 aromatic carbocycles. The largest absolute Gasteiger partial charge is 0.457 e. The number of hydrogen-bond acceptors (Lipinski definition) is 8. The van der Waals surface area contributed by atoms with Crippen LogP contribution < -0.4 is 0 Å². The zero-order valence-corrected chi connectivity index (χ0v) is 22.9. The SMILES string of the molecule is C/C(=C\c1coc(C)n1)[C@H]1OC(=O)C[C@H](O)C(C)(C)C(=O)[C@H](C)[C@@H](O)[C@@H](C)CCC[C@@]2(C)O[C@H]2[C@@H]1C. The lowest BCUT2D eigenvalue weighted by Crippen LogP contribution is -2.46. The van der Waals surface area contributed by atoms with Gasteiger partial charge in [0.05, 0.1) is 35.7 Å². The molecule has 1 aromatic heterocycles. The van der Waals surface area contributed by atoms with Crippen molar-refractivity contribution in [2.75, 3.05) is 0 Å². The van der Waals surface area contributed by atoms with Gasteiger partial charge in [0.1, 0.15) is 23.8 Å². The van der Waals surface area contributed by atoms with Crippen LogP contribution in [-0.4, -0.2) is 57.0 Å². The van der Waals surface area contributed by atoms with Crippen LogP contribution in [0.2, 0.25) is 0 Å². The summed E-state index contributed by atoms with van der Waals surface area (Å²) in [7, 11) is 0. The number of aromatic nitrogens is 1. The second-order valence-electron chi connectivity index (χ2n) is 11.8. The highest BCUT2D eigenvalue weighted by molar-refractivity contribution is 5.88. The third-order valence-electron chi connectivity index (χ3n) is 8.29. The van der Waals surface area contributed by atoms with Gasteiger partial charge >= 0.3 is 5.97 Å². The number of nitrogens with zero attached hydrogens (tertiary/aromatic N) is 1. The summed E-state index contributed by atoms with van der Waals surface area (Å²) in [5.41, 5.74) is -0.149. The van der Waals surface area contributed by atoms with E-state index >= 15 is 0 Å². The molecule has 8 nitrogen and oxygen atoms in total. The number of aryl methyl sites for hydroxylation is 1. The normalized spacial score (nSPS) is 38.8. The highest BCUT2D eigenvalue weighted by atomic mass is 16.6. The van der Waals surface area contributed by atoms with Crippen LogP contribution >= 0.6 is 0 Å². The number of ketones is 1. The average Bonchev–Trinajstić information content (AvgIpc) is 3.31. The van der Waals surface area contributed by atoms with Gasteiger partial charge in [0.25, 0.3) is 0 Å². The van der Waals surface area contributed by atoms with Crippen molar-refractivity contribution in [3.8, 4) is 0 Å². The van der Waals surface area contributed by atoms with Crippen molar-refractivity contribution in [3.05, 3.63) is 23.4 Å². The number of hydrogen-bond donors (Lipinski definition) is 2. The Morgan fingerprint density at radius 3 is 2.44 bits per heavy atom. The maximum absolute atomic E-state index is 13.3. The van der Waals surface area contributed by atoms with Gasteiger partial charge < -0.3 is 24.1 Å². The van der Waals surface area contributed by atoms with Crippen molar-refractivity contribution in [1.29, 1.82) is 0 Å². The molecular formula is C28H43NO7. The van der Waals surface area contributed by atoms with E-state index in [2.05, 4.69) is 11.9 Å². The van der Waals surface area contributed by atoms with Gasteiger partial charge in [-0.05, 0) is 44.3 Å². The zero-order chi connectivity index (χ0) is 27.0. The Labute approximate surface area is 214 Å². The molecule has 3 rings (SSSR count). The molecule has 0 bridgehead atoms. The Kier molecular flexibility index (Phi) is 8.53. The fourth-order valence-electron chi connectivity index (χ4n) is 5.60. The summed E-state index contributed by atoms with van der Waals surface area (Å²) in [6.45, 7) is 14.6. The van der Waals surface area contributed by atoms with Gasteiger partial charge in [-0.3, -0.25) is 9.59 Å². The molecular weight excluding hydrogens is 462 g/mol. The second kappa shape index (κ2) is 10.8.